The maximum Gasteiger partial charge on any atom is 0.288 e. The van der Waals surface area contributed by atoms with Gasteiger partial charge in [-0.05, 0) is 12.1 Å². The molecule has 0 saturated carbocycles. The molecule has 112 valence electrons. The van der Waals surface area contributed by atoms with Gasteiger partial charge in [-0.3, -0.25) is 19.3 Å². The van der Waals surface area contributed by atoms with Gasteiger partial charge in [0.05, 0.1) is 15.7 Å². The predicted octanol–water partition coefficient (Wildman–Crippen LogP) is 2.60. The summed E-state index contributed by atoms with van der Waals surface area (Å²) >= 11 is 12.9. The van der Waals surface area contributed by atoms with E-state index in [2.05, 4.69) is 5.32 Å². The van der Waals surface area contributed by atoms with Crippen LogP contribution in [-0.2, 0) is 9.59 Å². The lowest BCUT2D eigenvalue weighted by molar-refractivity contribution is -0.131. The molecule has 1 aliphatic rings. The Labute approximate surface area is 134 Å². The predicted molar refractivity (Wildman–Crippen MR) is 83.7 cm³/mol. The van der Waals surface area contributed by atoms with E-state index in [4.69, 9.17) is 28.9 Å². The Morgan fingerprint density at radius 2 is 1.95 bits per heavy atom. The molecule has 3 N–H and O–H groups in total. The number of halogens is 2. The molecular weight excluding hydrogens is 337 g/mol. The number of rotatable bonds is 3. The molecule has 0 radical (unpaired) electrons. The van der Waals surface area contributed by atoms with Crippen LogP contribution in [0.25, 0.3) is 0 Å². The topological polar surface area (TPSA) is 92.5 Å². The highest BCUT2D eigenvalue weighted by Gasteiger charge is 2.28. The van der Waals surface area contributed by atoms with Crippen molar-refractivity contribution < 1.29 is 14.4 Å². The van der Waals surface area contributed by atoms with Crippen molar-refractivity contribution in [2.45, 2.75) is 6.42 Å². The zero-order chi connectivity index (χ0) is 15.6. The van der Waals surface area contributed by atoms with Crippen molar-refractivity contribution in [1.82, 2.24) is 4.90 Å². The van der Waals surface area contributed by atoms with Crippen molar-refractivity contribution in [3.05, 3.63) is 22.2 Å². The Hall–Kier alpha value is -1.44. The standard InChI is InChI=1S/C12H11Cl2N3O3S/c13-7-3-6(15)4-8(14)11(7)16-9(18)5-17-10(19)1-2-21-12(17)20/h3-4H,1-2,5,15H2,(H,16,18). The van der Waals surface area contributed by atoms with Crippen molar-refractivity contribution in [2.24, 2.45) is 0 Å². The fourth-order valence-corrected chi connectivity index (χ4v) is 3.10. The van der Waals surface area contributed by atoms with E-state index in [0.29, 0.717) is 11.4 Å². The van der Waals surface area contributed by atoms with Gasteiger partial charge in [-0.15, -0.1) is 0 Å². The Morgan fingerprint density at radius 1 is 1.33 bits per heavy atom. The summed E-state index contributed by atoms with van der Waals surface area (Å²) in [5, 5.41) is 2.41. The highest BCUT2D eigenvalue weighted by Crippen LogP contribution is 2.32. The maximum absolute atomic E-state index is 11.9. The zero-order valence-electron chi connectivity index (χ0n) is 10.7. The average Bonchev–Trinajstić information content (AvgIpc) is 2.38. The van der Waals surface area contributed by atoms with Crippen molar-refractivity contribution in [2.75, 3.05) is 23.3 Å². The first kappa shape index (κ1) is 15.9. The summed E-state index contributed by atoms with van der Waals surface area (Å²) in [6.07, 6.45) is 0.229. The minimum atomic E-state index is -0.562. The molecule has 1 fully saturated rings. The first-order valence-electron chi connectivity index (χ1n) is 5.90. The van der Waals surface area contributed by atoms with E-state index in [1.807, 2.05) is 0 Å². The molecule has 0 atom stereocenters. The van der Waals surface area contributed by atoms with Gasteiger partial charge in [0.1, 0.15) is 6.54 Å². The van der Waals surface area contributed by atoms with Crippen LogP contribution in [0, 0.1) is 0 Å². The monoisotopic (exact) mass is 347 g/mol. The third kappa shape index (κ3) is 3.81. The molecule has 1 aromatic carbocycles. The van der Waals surface area contributed by atoms with Crippen LogP contribution in [0.2, 0.25) is 10.0 Å². The molecule has 0 aromatic heterocycles. The van der Waals surface area contributed by atoms with Gasteiger partial charge in [0.15, 0.2) is 0 Å². The summed E-state index contributed by atoms with van der Waals surface area (Å²) in [6, 6.07) is 2.88. The summed E-state index contributed by atoms with van der Waals surface area (Å²) in [6.45, 7) is -0.373. The molecule has 0 unspecified atom stereocenters. The SMILES string of the molecule is Nc1cc(Cl)c(NC(=O)CN2C(=O)CCSC2=O)c(Cl)c1. The zero-order valence-corrected chi connectivity index (χ0v) is 13.0. The number of thioether (sulfide) groups is 1. The van der Waals surface area contributed by atoms with E-state index < -0.39 is 11.1 Å². The second kappa shape index (κ2) is 6.55. The van der Waals surface area contributed by atoms with E-state index in [0.717, 1.165) is 16.7 Å². The molecule has 1 heterocycles. The number of nitrogens with zero attached hydrogens (tertiary/aromatic N) is 1. The first-order chi connectivity index (χ1) is 9.88. The minimum absolute atomic E-state index is 0.180. The molecule has 21 heavy (non-hydrogen) atoms. The van der Waals surface area contributed by atoms with E-state index in [-0.39, 0.29) is 34.6 Å². The van der Waals surface area contributed by atoms with Gasteiger partial charge in [0, 0.05) is 17.9 Å². The van der Waals surface area contributed by atoms with E-state index in [9.17, 15) is 14.4 Å². The Kier molecular flexibility index (Phi) is 4.97. The summed E-state index contributed by atoms with van der Waals surface area (Å²) in [5.74, 6) is -0.498. The van der Waals surface area contributed by atoms with Crippen molar-refractivity contribution in [3.63, 3.8) is 0 Å². The number of nitrogen functional groups attached to an aromatic ring is 1. The van der Waals surface area contributed by atoms with Crippen LogP contribution in [-0.4, -0.2) is 34.3 Å². The molecule has 2 rings (SSSR count). The number of carbonyl (C=O) groups is 3. The van der Waals surface area contributed by atoms with Crippen LogP contribution in [0.5, 0.6) is 0 Å². The second-order valence-electron chi connectivity index (χ2n) is 4.25. The third-order valence-electron chi connectivity index (χ3n) is 2.69. The van der Waals surface area contributed by atoms with E-state index in [1.54, 1.807) is 0 Å². The number of carbonyl (C=O) groups excluding carboxylic acids is 3. The third-order valence-corrected chi connectivity index (χ3v) is 4.17. The Morgan fingerprint density at radius 3 is 2.52 bits per heavy atom. The first-order valence-corrected chi connectivity index (χ1v) is 7.64. The molecule has 9 heteroatoms. The fraction of sp³-hybridized carbons (Fsp3) is 0.250. The molecule has 0 bridgehead atoms. The highest BCUT2D eigenvalue weighted by molar-refractivity contribution is 8.13. The average molecular weight is 348 g/mol. The maximum atomic E-state index is 11.9. The number of anilines is 2. The number of hydrogen-bond donors (Lipinski definition) is 2. The minimum Gasteiger partial charge on any atom is -0.399 e. The van der Waals surface area contributed by atoms with Gasteiger partial charge in [0.2, 0.25) is 11.8 Å². The highest BCUT2D eigenvalue weighted by atomic mass is 35.5. The number of hydrogen-bond acceptors (Lipinski definition) is 5. The van der Waals surface area contributed by atoms with E-state index in [1.165, 1.54) is 12.1 Å². The van der Waals surface area contributed by atoms with Crippen LogP contribution in [0.4, 0.5) is 16.2 Å². The van der Waals surface area contributed by atoms with Gasteiger partial charge in [-0.2, -0.15) is 0 Å². The number of nitrogens with two attached hydrogens (primary N) is 1. The van der Waals surface area contributed by atoms with Gasteiger partial charge in [-0.1, -0.05) is 35.0 Å². The molecule has 0 spiro atoms. The van der Waals surface area contributed by atoms with Crippen LogP contribution < -0.4 is 11.1 Å². The number of benzene rings is 1. The molecule has 1 saturated heterocycles. The van der Waals surface area contributed by atoms with E-state index >= 15 is 0 Å². The molecular formula is C12H11Cl2N3O3S. The number of amides is 3. The molecule has 0 aliphatic carbocycles. The largest absolute Gasteiger partial charge is 0.399 e. The molecule has 6 nitrogen and oxygen atoms in total. The lowest BCUT2D eigenvalue weighted by atomic mass is 10.2. The second-order valence-corrected chi connectivity index (χ2v) is 6.11. The number of imide groups is 1. The summed E-state index contributed by atoms with van der Waals surface area (Å²) in [4.78, 5) is 36.1. The molecule has 1 aromatic rings. The van der Waals surface area contributed by atoms with Crippen molar-refractivity contribution in [3.8, 4) is 0 Å². The van der Waals surface area contributed by atoms with Gasteiger partial charge in [-0.25, -0.2) is 0 Å². The molecule has 1 aliphatic heterocycles. The Balaban J connectivity index is 2.08. The van der Waals surface area contributed by atoms with Gasteiger partial charge < -0.3 is 11.1 Å². The lowest BCUT2D eigenvalue weighted by Gasteiger charge is -2.23. The lowest BCUT2D eigenvalue weighted by Crippen LogP contribution is -2.43. The Bertz CT molecular complexity index is 585. The quantitative estimate of drug-likeness (QED) is 0.819. The molecule has 3 amide bonds. The normalized spacial score (nSPS) is 15.2. The summed E-state index contributed by atoms with van der Waals surface area (Å²) in [7, 11) is 0. The van der Waals surface area contributed by atoms with Gasteiger partial charge in [0.25, 0.3) is 5.24 Å². The van der Waals surface area contributed by atoms with Crippen LogP contribution in [0.3, 0.4) is 0 Å². The smallest absolute Gasteiger partial charge is 0.288 e. The van der Waals surface area contributed by atoms with Crippen molar-refractivity contribution >= 4 is 63.4 Å². The fourth-order valence-electron chi connectivity index (χ4n) is 1.73. The van der Waals surface area contributed by atoms with Crippen LogP contribution in [0.15, 0.2) is 12.1 Å². The van der Waals surface area contributed by atoms with Gasteiger partial charge >= 0.3 is 0 Å². The summed E-state index contributed by atoms with van der Waals surface area (Å²) in [5.41, 5.74) is 6.12. The van der Waals surface area contributed by atoms with Crippen LogP contribution >= 0.6 is 35.0 Å². The van der Waals surface area contributed by atoms with Crippen LogP contribution in [0.1, 0.15) is 6.42 Å². The number of nitrogens with one attached hydrogen (secondary N) is 1. The van der Waals surface area contributed by atoms with Crippen molar-refractivity contribution in [1.29, 1.82) is 0 Å². The summed E-state index contributed by atoms with van der Waals surface area (Å²) < 4.78 is 0.